The molecule has 1 rings (SSSR count). The summed E-state index contributed by atoms with van der Waals surface area (Å²) in [5, 5.41) is 10.7. The maximum atomic E-state index is 12.9. The predicted octanol–water partition coefficient (Wildman–Crippen LogP) is 4.02. The van der Waals surface area contributed by atoms with Crippen LogP contribution in [0.2, 0.25) is 0 Å². The molecule has 0 aliphatic rings. The highest BCUT2D eigenvalue weighted by Gasteiger charge is 2.38. The number of hydrogen-bond donors (Lipinski definition) is 0. The molecule has 0 aromatic heterocycles. The molecule has 20 heavy (non-hydrogen) atoms. The van der Waals surface area contributed by atoms with Gasteiger partial charge >= 0.3 is 6.18 Å². The molecule has 110 valence electrons. The zero-order valence-corrected chi connectivity index (χ0v) is 11.2. The van der Waals surface area contributed by atoms with Crippen LogP contribution in [0, 0.1) is 10.1 Å². The van der Waals surface area contributed by atoms with Gasteiger partial charge in [-0.15, -0.1) is 0 Å². The largest absolute Gasteiger partial charge is 0.423 e. The van der Waals surface area contributed by atoms with Crippen molar-refractivity contribution < 1.29 is 18.1 Å². The molecule has 1 aromatic carbocycles. The van der Waals surface area contributed by atoms with Crippen molar-refractivity contribution in [1.82, 2.24) is 0 Å². The van der Waals surface area contributed by atoms with E-state index in [1.807, 2.05) is 0 Å². The van der Waals surface area contributed by atoms with Gasteiger partial charge in [-0.3, -0.25) is 10.1 Å². The summed E-state index contributed by atoms with van der Waals surface area (Å²) >= 11 is 0. The summed E-state index contributed by atoms with van der Waals surface area (Å²) in [7, 11) is 0. The summed E-state index contributed by atoms with van der Waals surface area (Å²) in [5.41, 5.74) is -1.10. The molecule has 0 aliphatic heterocycles. The quantitative estimate of drug-likeness (QED) is 0.467. The number of alkyl halides is 3. The third-order valence-electron chi connectivity index (χ3n) is 2.69. The minimum atomic E-state index is -4.76. The maximum Gasteiger partial charge on any atom is 0.423 e. The Morgan fingerprint density at radius 1 is 1.45 bits per heavy atom. The highest BCUT2D eigenvalue weighted by Crippen LogP contribution is 2.38. The predicted molar refractivity (Wildman–Crippen MR) is 70.8 cm³/mol. The molecule has 0 N–H and O–H groups in total. The van der Waals surface area contributed by atoms with E-state index in [1.54, 1.807) is 18.7 Å². The van der Waals surface area contributed by atoms with Gasteiger partial charge in [0.1, 0.15) is 5.56 Å². The fourth-order valence-corrected chi connectivity index (χ4v) is 1.82. The van der Waals surface area contributed by atoms with Gasteiger partial charge in [-0.2, -0.15) is 13.2 Å². The van der Waals surface area contributed by atoms with Crippen LogP contribution in [0.1, 0.15) is 19.4 Å². The summed E-state index contributed by atoms with van der Waals surface area (Å²) in [5.74, 6) is 0. The van der Waals surface area contributed by atoms with Crippen LogP contribution in [0.4, 0.5) is 24.5 Å². The molecule has 4 nitrogen and oxygen atoms in total. The van der Waals surface area contributed by atoms with E-state index >= 15 is 0 Å². The SMILES string of the molecule is C=C(C)CN(CC)c1ccc([N+](=O)[O-])c(C(F)(F)F)c1. The van der Waals surface area contributed by atoms with Gasteiger partial charge in [0.25, 0.3) is 5.69 Å². The number of benzene rings is 1. The average Bonchev–Trinajstić information content (AvgIpc) is 2.33. The number of likely N-dealkylation sites (N-methyl/N-ethyl adjacent to an activating group) is 1. The third kappa shape index (κ3) is 3.72. The smallest absolute Gasteiger partial charge is 0.368 e. The standard InChI is InChI=1S/C13H15F3N2O2/c1-4-17(8-9(2)3)10-5-6-12(18(19)20)11(7-10)13(14,15)16/h5-7H,2,4,8H2,1,3H3. The molecule has 0 aliphatic carbocycles. The fourth-order valence-electron chi connectivity index (χ4n) is 1.82. The van der Waals surface area contributed by atoms with E-state index in [0.29, 0.717) is 13.1 Å². The lowest BCUT2D eigenvalue weighted by Crippen LogP contribution is -2.25. The van der Waals surface area contributed by atoms with Crippen molar-refractivity contribution in [2.24, 2.45) is 0 Å². The topological polar surface area (TPSA) is 46.4 Å². The fraction of sp³-hybridized carbons (Fsp3) is 0.385. The first-order valence-electron chi connectivity index (χ1n) is 5.91. The second-order valence-electron chi connectivity index (χ2n) is 4.43. The molecule has 0 bridgehead atoms. The minimum Gasteiger partial charge on any atom is -0.368 e. The minimum absolute atomic E-state index is 0.286. The van der Waals surface area contributed by atoms with Crippen molar-refractivity contribution in [2.75, 3.05) is 18.0 Å². The van der Waals surface area contributed by atoms with E-state index in [-0.39, 0.29) is 5.69 Å². The summed E-state index contributed by atoms with van der Waals surface area (Å²) in [6, 6.07) is 3.02. The molecule has 0 saturated heterocycles. The maximum absolute atomic E-state index is 12.9. The van der Waals surface area contributed by atoms with Gasteiger partial charge in [-0.1, -0.05) is 12.2 Å². The Hall–Kier alpha value is -2.05. The van der Waals surface area contributed by atoms with Crippen molar-refractivity contribution >= 4 is 11.4 Å². The molecule has 0 atom stereocenters. The summed E-state index contributed by atoms with van der Waals surface area (Å²) < 4.78 is 38.6. The second kappa shape index (κ2) is 5.94. The number of nitro benzene ring substituents is 1. The highest BCUT2D eigenvalue weighted by atomic mass is 19.4. The van der Waals surface area contributed by atoms with Gasteiger partial charge in [0.05, 0.1) is 4.92 Å². The van der Waals surface area contributed by atoms with Gasteiger partial charge < -0.3 is 4.90 Å². The number of anilines is 1. The van der Waals surface area contributed by atoms with Crippen LogP contribution in [-0.4, -0.2) is 18.0 Å². The van der Waals surface area contributed by atoms with Crippen LogP contribution in [-0.2, 0) is 6.18 Å². The molecule has 0 saturated carbocycles. The van der Waals surface area contributed by atoms with Crippen LogP contribution in [0.5, 0.6) is 0 Å². The van der Waals surface area contributed by atoms with E-state index in [1.165, 1.54) is 6.07 Å². The molecule has 0 unspecified atom stereocenters. The molecule has 1 aromatic rings. The van der Waals surface area contributed by atoms with Crippen LogP contribution >= 0.6 is 0 Å². The summed E-state index contributed by atoms with van der Waals surface area (Å²) in [4.78, 5) is 11.3. The van der Waals surface area contributed by atoms with Crippen molar-refractivity contribution in [3.63, 3.8) is 0 Å². The Labute approximate surface area is 114 Å². The van der Waals surface area contributed by atoms with E-state index in [9.17, 15) is 23.3 Å². The number of halogens is 3. The Balaban J connectivity index is 3.31. The average molecular weight is 288 g/mol. The molecule has 0 fully saturated rings. The number of hydrogen-bond acceptors (Lipinski definition) is 3. The Morgan fingerprint density at radius 3 is 2.45 bits per heavy atom. The summed E-state index contributed by atoms with van der Waals surface area (Å²) in [6.07, 6.45) is -4.76. The van der Waals surface area contributed by atoms with Crippen molar-refractivity contribution in [1.29, 1.82) is 0 Å². The zero-order chi connectivity index (χ0) is 15.5. The number of rotatable bonds is 5. The van der Waals surface area contributed by atoms with Gasteiger partial charge in [-0.05, 0) is 26.0 Å². The monoisotopic (exact) mass is 288 g/mol. The van der Waals surface area contributed by atoms with Crippen LogP contribution in [0.25, 0.3) is 0 Å². The number of nitro groups is 1. The Kier molecular flexibility index (Phi) is 4.75. The van der Waals surface area contributed by atoms with Crippen molar-refractivity contribution in [3.05, 3.63) is 46.0 Å². The van der Waals surface area contributed by atoms with Gasteiger partial charge in [-0.25, -0.2) is 0 Å². The first-order valence-corrected chi connectivity index (χ1v) is 5.91. The lowest BCUT2D eigenvalue weighted by atomic mass is 10.1. The van der Waals surface area contributed by atoms with Crippen LogP contribution in [0.3, 0.4) is 0 Å². The third-order valence-corrected chi connectivity index (χ3v) is 2.69. The molecule has 0 heterocycles. The normalized spacial score (nSPS) is 11.2. The first kappa shape index (κ1) is 16.0. The van der Waals surface area contributed by atoms with E-state index in [0.717, 1.165) is 17.7 Å². The lowest BCUT2D eigenvalue weighted by molar-refractivity contribution is -0.388. The van der Waals surface area contributed by atoms with Crippen molar-refractivity contribution in [2.45, 2.75) is 20.0 Å². The number of nitrogens with zero attached hydrogens (tertiary/aromatic N) is 2. The molecule has 0 spiro atoms. The van der Waals surface area contributed by atoms with Gasteiger partial charge in [0.15, 0.2) is 0 Å². The second-order valence-corrected chi connectivity index (χ2v) is 4.43. The zero-order valence-electron chi connectivity index (χ0n) is 11.2. The van der Waals surface area contributed by atoms with Crippen molar-refractivity contribution in [3.8, 4) is 0 Å². The van der Waals surface area contributed by atoms with E-state index in [4.69, 9.17) is 0 Å². The van der Waals surface area contributed by atoms with Crippen LogP contribution in [0.15, 0.2) is 30.4 Å². The molecular formula is C13H15F3N2O2. The van der Waals surface area contributed by atoms with Gasteiger partial charge in [0, 0.05) is 24.8 Å². The first-order chi connectivity index (χ1) is 9.16. The Morgan fingerprint density at radius 2 is 2.05 bits per heavy atom. The molecule has 0 radical (unpaired) electrons. The molecule has 0 amide bonds. The van der Waals surface area contributed by atoms with E-state index in [2.05, 4.69) is 6.58 Å². The summed E-state index contributed by atoms with van der Waals surface area (Å²) in [6.45, 7) is 8.13. The lowest BCUT2D eigenvalue weighted by Gasteiger charge is -2.24. The molecule has 7 heteroatoms. The highest BCUT2D eigenvalue weighted by molar-refractivity contribution is 5.57. The molecular weight excluding hydrogens is 273 g/mol. The van der Waals surface area contributed by atoms with Gasteiger partial charge in [0.2, 0.25) is 0 Å². The van der Waals surface area contributed by atoms with E-state index < -0.39 is 22.4 Å². The van der Waals surface area contributed by atoms with Crippen LogP contribution < -0.4 is 4.90 Å². The Bertz CT molecular complexity index is 527.